The van der Waals surface area contributed by atoms with Crippen LogP contribution in [0.15, 0.2) is 65.2 Å². The molecule has 126 valence electrons. The zero-order chi connectivity index (χ0) is 18.1. The molecule has 0 aliphatic heterocycles. The van der Waals surface area contributed by atoms with Crippen LogP contribution < -0.4 is 4.74 Å². The summed E-state index contributed by atoms with van der Waals surface area (Å²) in [7, 11) is 0. The molecule has 0 aliphatic carbocycles. The van der Waals surface area contributed by atoms with Gasteiger partial charge >= 0.3 is 5.97 Å². The van der Waals surface area contributed by atoms with Gasteiger partial charge in [0.15, 0.2) is 5.78 Å². The van der Waals surface area contributed by atoms with E-state index < -0.39 is 5.97 Å². The van der Waals surface area contributed by atoms with E-state index in [9.17, 15) is 9.59 Å². The van der Waals surface area contributed by atoms with Crippen molar-refractivity contribution in [2.45, 2.75) is 13.8 Å². The third-order valence-electron chi connectivity index (χ3n) is 2.78. The molecule has 0 bridgehead atoms. The van der Waals surface area contributed by atoms with Crippen LogP contribution in [0.3, 0.4) is 0 Å². The Morgan fingerprint density at radius 3 is 1.88 bits per heavy atom. The monoisotopic (exact) mass is 390 g/mol. The van der Waals surface area contributed by atoms with Gasteiger partial charge in [-0.25, -0.2) is 4.79 Å². The number of carbonyl (C=O) groups is 2. The Balaban J connectivity index is 0.000000891. The highest BCUT2D eigenvalue weighted by Gasteiger charge is 2.10. The molecular formula is C19H19BrO4. The van der Waals surface area contributed by atoms with Crippen LogP contribution >= 0.6 is 15.9 Å². The van der Waals surface area contributed by atoms with Crippen LogP contribution in [0.25, 0.3) is 0 Å². The van der Waals surface area contributed by atoms with E-state index in [0.29, 0.717) is 22.4 Å². The maximum absolute atomic E-state index is 12.3. The fourth-order valence-corrected chi connectivity index (χ4v) is 1.90. The summed E-state index contributed by atoms with van der Waals surface area (Å²) < 4.78 is 5.99. The van der Waals surface area contributed by atoms with Gasteiger partial charge < -0.3 is 9.84 Å². The molecule has 0 heterocycles. The summed E-state index contributed by atoms with van der Waals surface area (Å²) in [6, 6.07) is 13.6. The van der Waals surface area contributed by atoms with E-state index in [4.69, 9.17) is 9.84 Å². The van der Waals surface area contributed by atoms with Crippen LogP contribution in [0.4, 0.5) is 0 Å². The molecular weight excluding hydrogens is 372 g/mol. The molecule has 2 rings (SSSR count). The van der Waals surface area contributed by atoms with E-state index in [0.717, 1.165) is 4.47 Å². The molecule has 0 aliphatic rings. The number of carbonyl (C=O) groups excluding carboxylic acids is 2. The lowest BCUT2D eigenvalue weighted by Gasteiger charge is -2.05. The maximum atomic E-state index is 12.3. The summed E-state index contributed by atoms with van der Waals surface area (Å²) in [6.07, 6.45) is 0. The molecule has 0 aromatic heterocycles. The van der Waals surface area contributed by atoms with E-state index in [1.54, 1.807) is 50.2 Å². The summed E-state index contributed by atoms with van der Waals surface area (Å²) in [5, 5.41) is 7.57. The summed E-state index contributed by atoms with van der Waals surface area (Å²) >= 11 is 3.33. The topological polar surface area (TPSA) is 63.6 Å². The van der Waals surface area contributed by atoms with Crippen molar-refractivity contribution < 1.29 is 19.4 Å². The summed E-state index contributed by atoms with van der Waals surface area (Å²) in [5.74, 6) is -0.183. The van der Waals surface area contributed by atoms with Gasteiger partial charge in [0.2, 0.25) is 0 Å². The average molecular weight is 391 g/mol. The molecule has 0 unspecified atom stereocenters. The molecule has 0 amide bonds. The highest BCUT2D eigenvalue weighted by molar-refractivity contribution is 9.10. The van der Waals surface area contributed by atoms with Gasteiger partial charge in [-0.15, -0.1) is 0 Å². The zero-order valence-electron chi connectivity index (χ0n) is 13.6. The number of aliphatic hydroxyl groups excluding tert-OH is 1. The van der Waals surface area contributed by atoms with E-state index >= 15 is 0 Å². The molecule has 0 saturated carbocycles. The molecule has 0 saturated heterocycles. The molecule has 4 nitrogen and oxygen atoms in total. The number of hydrogen-bond acceptors (Lipinski definition) is 4. The van der Waals surface area contributed by atoms with Crippen LogP contribution in [0, 0.1) is 0 Å². The predicted octanol–water partition coefficient (Wildman–Crippen LogP) is 4.16. The van der Waals surface area contributed by atoms with Crippen LogP contribution in [-0.2, 0) is 4.79 Å². The second-order valence-electron chi connectivity index (χ2n) is 4.85. The molecule has 2 aromatic carbocycles. The Morgan fingerprint density at radius 1 is 1.04 bits per heavy atom. The first-order valence-electron chi connectivity index (χ1n) is 7.28. The maximum Gasteiger partial charge on any atom is 0.338 e. The Hall–Kier alpha value is -2.24. The standard InChI is InChI=1S/C17H13BrO3.C2H6O/c1-11(2)17(20)21-15-9-5-13(6-10-15)16(19)12-3-7-14(18)8-4-12;1-2-3/h3-10H,1H2,2H3;3H,2H2,1H3. The highest BCUT2D eigenvalue weighted by Crippen LogP contribution is 2.18. The predicted molar refractivity (Wildman–Crippen MR) is 97.2 cm³/mol. The van der Waals surface area contributed by atoms with Crippen LogP contribution in [-0.4, -0.2) is 23.5 Å². The van der Waals surface area contributed by atoms with Gasteiger partial charge in [-0.1, -0.05) is 22.5 Å². The van der Waals surface area contributed by atoms with Gasteiger partial charge in [-0.2, -0.15) is 0 Å². The largest absolute Gasteiger partial charge is 0.423 e. The van der Waals surface area contributed by atoms with Gasteiger partial charge in [0.1, 0.15) is 5.75 Å². The van der Waals surface area contributed by atoms with Crippen LogP contribution in [0.2, 0.25) is 0 Å². The molecule has 0 spiro atoms. The second kappa shape index (κ2) is 9.80. The highest BCUT2D eigenvalue weighted by atomic mass is 79.9. The summed E-state index contributed by atoms with van der Waals surface area (Å²) in [5.41, 5.74) is 1.46. The van der Waals surface area contributed by atoms with Crippen molar-refractivity contribution in [3.05, 3.63) is 76.3 Å². The quantitative estimate of drug-likeness (QED) is 0.368. The third-order valence-corrected chi connectivity index (χ3v) is 3.31. The Kier molecular flexibility index (Phi) is 8.09. The summed E-state index contributed by atoms with van der Waals surface area (Å²) in [4.78, 5) is 23.7. The number of esters is 1. The number of benzene rings is 2. The van der Waals surface area contributed by atoms with Crippen molar-refractivity contribution in [2.75, 3.05) is 6.61 Å². The normalized spacial score (nSPS) is 9.50. The minimum Gasteiger partial charge on any atom is -0.423 e. The number of hydrogen-bond donors (Lipinski definition) is 1. The number of ether oxygens (including phenoxy) is 1. The number of ketones is 1. The lowest BCUT2D eigenvalue weighted by atomic mass is 10.0. The zero-order valence-corrected chi connectivity index (χ0v) is 15.2. The van der Waals surface area contributed by atoms with Gasteiger partial charge in [-0.3, -0.25) is 4.79 Å². The molecule has 24 heavy (non-hydrogen) atoms. The summed E-state index contributed by atoms with van der Waals surface area (Å²) in [6.45, 7) is 7.02. The molecule has 2 aromatic rings. The van der Waals surface area contributed by atoms with Gasteiger partial charge in [0, 0.05) is 27.8 Å². The van der Waals surface area contributed by atoms with Gasteiger partial charge in [0.05, 0.1) is 0 Å². The third kappa shape index (κ3) is 6.10. The number of aliphatic hydroxyl groups is 1. The van der Waals surface area contributed by atoms with E-state index in [2.05, 4.69) is 22.5 Å². The fourth-order valence-electron chi connectivity index (χ4n) is 1.64. The first-order valence-corrected chi connectivity index (χ1v) is 8.07. The fraction of sp³-hybridized carbons (Fsp3) is 0.158. The lowest BCUT2D eigenvalue weighted by Crippen LogP contribution is -2.08. The van der Waals surface area contributed by atoms with Gasteiger partial charge in [0.25, 0.3) is 0 Å². The molecule has 0 fully saturated rings. The molecule has 5 heteroatoms. The Bertz CT molecular complexity index is 703. The van der Waals surface area contributed by atoms with E-state index in [1.807, 2.05) is 12.1 Å². The van der Waals surface area contributed by atoms with Crippen LogP contribution in [0.5, 0.6) is 5.75 Å². The smallest absolute Gasteiger partial charge is 0.338 e. The Labute approximate surface area is 149 Å². The van der Waals surface area contributed by atoms with Crippen molar-refractivity contribution in [3.8, 4) is 5.75 Å². The SMILES string of the molecule is C=C(C)C(=O)Oc1ccc(C(=O)c2ccc(Br)cc2)cc1.CCO. The molecule has 1 N–H and O–H groups in total. The van der Waals surface area contributed by atoms with Crippen LogP contribution in [0.1, 0.15) is 29.8 Å². The molecule has 0 atom stereocenters. The van der Waals surface area contributed by atoms with Crippen molar-refractivity contribution >= 4 is 27.7 Å². The average Bonchev–Trinajstić information content (AvgIpc) is 2.56. The second-order valence-corrected chi connectivity index (χ2v) is 5.76. The van der Waals surface area contributed by atoms with Gasteiger partial charge in [-0.05, 0) is 62.4 Å². The van der Waals surface area contributed by atoms with Crippen molar-refractivity contribution in [3.63, 3.8) is 0 Å². The number of rotatable bonds is 4. The lowest BCUT2D eigenvalue weighted by molar-refractivity contribution is -0.130. The van der Waals surface area contributed by atoms with Crippen molar-refractivity contribution in [2.24, 2.45) is 0 Å². The first kappa shape index (κ1) is 19.8. The van der Waals surface area contributed by atoms with Crippen molar-refractivity contribution in [1.29, 1.82) is 0 Å². The first-order chi connectivity index (χ1) is 11.4. The van der Waals surface area contributed by atoms with E-state index in [-0.39, 0.29) is 12.4 Å². The number of halogens is 1. The minimum atomic E-state index is -0.484. The minimum absolute atomic E-state index is 0.0831. The Morgan fingerprint density at radius 2 is 1.46 bits per heavy atom. The molecule has 0 radical (unpaired) electrons. The van der Waals surface area contributed by atoms with E-state index in [1.165, 1.54) is 0 Å². The van der Waals surface area contributed by atoms with Crippen molar-refractivity contribution in [1.82, 2.24) is 0 Å².